The minimum atomic E-state index is -1.35. The Morgan fingerprint density at radius 2 is 1.94 bits per heavy atom. The van der Waals surface area contributed by atoms with Gasteiger partial charge in [-0.15, -0.1) is 5.10 Å². The number of rotatable bonds is 6. The van der Waals surface area contributed by atoms with Crippen LogP contribution in [0.1, 0.15) is 20.3 Å². The molecular formula is C20H20F2N8O. The van der Waals surface area contributed by atoms with Crippen LogP contribution >= 0.6 is 0 Å². The summed E-state index contributed by atoms with van der Waals surface area (Å²) >= 11 is 0. The minimum Gasteiger partial charge on any atom is -0.505 e. The van der Waals surface area contributed by atoms with E-state index in [-0.39, 0.29) is 17.3 Å². The highest BCUT2D eigenvalue weighted by Gasteiger charge is 2.19. The van der Waals surface area contributed by atoms with E-state index < -0.39 is 17.4 Å². The molecule has 3 aromatic heterocycles. The third-order valence-corrected chi connectivity index (χ3v) is 4.77. The van der Waals surface area contributed by atoms with Crippen molar-refractivity contribution >= 4 is 5.82 Å². The number of halogens is 2. The normalized spacial score (nSPS) is 11.4. The quantitative estimate of drug-likeness (QED) is 0.486. The maximum atomic E-state index is 13.8. The second kappa shape index (κ2) is 8.09. The molecule has 0 amide bonds. The smallest absolute Gasteiger partial charge is 0.200 e. The van der Waals surface area contributed by atoms with Crippen molar-refractivity contribution in [2.75, 3.05) is 5.73 Å². The number of nitrogen functional groups attached to an aromatic ring is 1. The molecule has 0 bridgehead atoms. The number of aromatic nitrogens is 7. The van der Waals surface area contributed by atoms with Crippen molar-refractivity contribution in [1.29, 1.82) is 0 Å². The molecule has 31 heavy (non-hydrogen) atoms. The van der Waals surface area contributed by atoms with Gasteiger partial charge in [-0.25, -0.2) is 9.37 Å². The summed E-state index contributed by atoms with van der Waals surface area (Å²) < 4.78 is 30.2. The topological polar surface area (TPSA) is 121 Å². The number of nitrogens with two attached hydrogens (primary N) is 1. The lowest BCUT2D eigenvalue weighted by molar-refractivity contribution is 0.406. The predicted molar refractivity (Wildman–Crippen MR) is 109 cm³/mol. The van der Waals surface area contributed by atoms with Gasteiger partial charge < -0.3 is 10.8 Å². The SMILES string of the molecule is CC(C)CCn1cc(-c2cnc(N)c(-c3nnnn3-c3cc(O)c(F)c(F)c3)c2)cn1. The van der Waals surface area contributed by atoms with Crippen molar-refractivity contribution in [2.45, 2.75) is 26.8 Å². The van der Waals surface area contributed by atoms with Crippen LogP contribution in [-0.4, -0.2) is 40.1 Å². The third-order valence-electron chi connectivity index (χ3n) is 4.77. The number of nitrogens with zero attached hydrogens (tertiary/aromatic N) is 7. The van der Waals surface area contributed by atoms with Crippen LogP contribution in [0.4, 0.5) is 14.6 Å². The Hall–Kier alpha value is -3.89. The summed E-state index contributed by atoms with van der Waals surface area (Å²) in [6, 6.07) is 3.64. The highest BCUT2D eigenvalue weighted by atomic mass is 19.2. The van der Waals surface area contributed by atoms with E-state index in [9.17, 15) is 13.9 Å². The van der Waals surface area contributed by atoms with E-state index in [0.717, 1.165) is 40.9 Å². The van der Waals surface area contributed by atoms with Gasteiger partial charge in [0.05, 0.1) is 17.4 Å². The van der Waals surface area contributed by atoms with Crippen LogP contribution < -0.4 is 5.73 Å². The Balaban J connectivity index is 1.72. The van der Waals surface area contributed by atoms with Gasteiger partial charge in [0.2, 0.25) is 0 Å². The largest absolute Gasteiger partial charge is 0.505 e. The van der Waals surface area contributed by atoms with E-state index in [2.05, 4.69) is 39.5 Å². The average Bonchev–Trinajstić information content (AvgIpc) is 3.40. The average molecular weight is 426 g/mol. The van der Waals surface area contributed by atoms with Crippen molar-refractivity contribution in [1.82, 2.24) is 35.0 Å². The van der Waals surface area contributed by atoms with E-state index in [0.29, 0.717) is 11.5 Å². The fraction of sp³-hybridized carbons (Fsp3) is 0.250. The first-order chi connectivity index (χ1) is 14.8. The molecule has 4 rings (SSSR count). The van der Waals surface area contributed by atoms with Gasteiger partial charge in [0.25, 0.3) is 0 Å². The van der Waals surface area contributed by atoms with Crippen molar-refractivity contribution in [3.05, 3.63) is 48.4 Å². The fourth-order valence-corrected chi connectivity index (χ4v) is 3.05. The molecule has 3 heterocycles. The van der Waals surface area contributed by atoms with Crippen LogP contribution in [0.15, 0.2) is 36.8 Å². The number of benzene rings is 1. The van der Waals surface area contributed by atoms with E-state index in [4.69, 9.17) is 5.73 Å². The number of phenolic OH excluding ortho intramolecular Hbond substituents is 1. The first-order valence-corrected chi connectivity index (χ1v) is 9.59. The Morgan fingerprint density at radius 1 is 1.13 bits per heavy atom. The third kappa shape index (κ3) is 4.06. The molecular weight excluding hydrogens is 406 g/mol. The van der Waals surface area contributed by atoms with Crippen molar-refractivity contribution in [3.8, 4) is 34.0 Å². The number of tetrazole rings is 1. The molecule has 0 atom stereocenters. The zero-order valence-electron chi connectivity index (χ0n) is 16.9. The zero-order chi connectivity index (χ0) is 22.1. The number of anilines is 1. The highest BCUT2D eigenvalue weighted by molar-refractivity contribution is 5.76. The molecule has 0 aliphatic carbocycles. The van der Waals surface area contributed by atoms with Crippen LogP contribution in [0, 0.1) is 17.6 Å². The number of aryl methyl sites for hydroxylation is 1. The summed E-state index contributed by atoms with van der Waals surface area (Å²) in [5, 5.41) is 25.4. The molecule has 0 spiro atoms. The molecule has 4 aromatic rings. The maximum absolute atomic E-state index is 13.8. The summed E-state index contributed by atoms with van der Waals surface area (Å²) in [6.45, 7) is 5.10. The van der Waals surface area contributed by atoms with Crippen LogP contribution in [0.2, 0.25) is 0 Å². The van der Waals surface area contributed by atoms with Crippen molar-refractivity contribution in [3.63, 3.8) is 0 Å². The van der Waals surface area contributed by atoms with Crippen LogP contribution in [0.5, 0.6) is 5.75 Å². The molecule has 160 valence electrons. The lowest BCUT2D eigenvalue weighted by Crippen LogP contribution is -2.04. The maximum Gasteiger partial charge on any atom is 0.200 e. The van der Waals surface area contributed by atoms with Gasteiger partial charge in [-0.1, -0.05) is 13.8 Å². The van der Waals surface area contributed by atoms with Gasteiger partial charge in [-0.05, 0) is 28.8 Å². The molecule has 11 heteroatoms. The molecule has 0 fully saturated rings. The van der Waals surface area contributed by atoms with Crippen LogP contribution in [0.3, 0.4) is 0 Å². The number of aromatic hydroxyl groups is 1. The lowest BCUT2D eigenvalue weighted by Gasteiger charge is -2.09. The summed E-state index contributed by atoms with van der Waals surface area (Å²) in [4.78, 5) is 4.23. The molecule has 9 nitrogen and oxygen atoms in total. The van der Waals surface area contributed by atoms with Gasteiger partial charge in [-0.2, -0.15) is 14.2 Å². The van der Waals surface area contributed by atoms with Crippen LogP contribution in [-0.2, 0) is 6.54 Å². The van der Waals surface area contributed by atoms with Crippen molar-refractivity contribution in [2.24, 2.45) is 5.92 Å². The Bertz CT molecular complexity index is 1210. The second-order valence-electron chi connectivity index (χ2n) is 7.51. The van der Waals surface area contributed by atoms with E-state index in [1.807, 2.05) is 10.9 Å². The Kier molecular flexibility index (Phi) is 5.32. The van der Waals surface area contributed by atoms with Gasteiger partial charge in [0.1, 0.15) is 5.82 Å². The number of pyridine rings is 1. The molecule has 3 N–H and O–H groups in total. The first-order valence-electron chi connectivity index (χ1n) is 9.59. The summed E-state index contributed by atoms with van der Waals surface area (Å²) in [5.41, 5.74) is 8.05. The second-order valence-corrected chi connectivity index (χ2v) is 7.51. The van der Waals surface area contributed by atoms with Gasteiger partial charge in [-0.3, -0.25) is 4.68 Å². The minimum absolute atomic E-state index is 0.0303. The lowest BCUT2D eigenvalue weighted by atomic mass is 10.1. The number of hydrogen-bond acceptors (Lipinski definition) is 7. The monoisotopic (exact) mass is 426 g/mol. The summed E-state index contributed by atoms with van der Waals surface area (Å²) in [6.07, 6.45) is 6.26. The van der Waals surface area contributed by atoms with Crippen molar-refractivity contribution < 1.29 is 13.9 Å². The molecule has 0 saturated heterocycles. The molecule has 0 radical (unpaired) electrons. The first kappa shape index (κ1) is 20.4. The van der Waals surface area contributed by atoms with Gasteiger partial charge >= 0.3 is 0 Å². The molecule has 0 aliphatic rings. The number of hydrogen-bond donors (Lipinski definition) is 2. The standard InChI is InChI=1S/C20H20F2N8O/c1-11(2)3-4-29-10-13(9-25-29)12-5-15(19(23)24-8-12)20-26-27-28-30(20)14-6-16(21)18(22)17(31)7-14/h5-11,31H,3-4H2,1-2H3,(H2,23,24). The van der Waals surface area contributed by atoms with Gasteiger partial charge in [0, 0.05) is 42.2 Å². The van der Waals surface area contributed by atoms with E-state index in [1.54, 1.807) is 18.5 Å². The molecule has 0 aliphatic heterocycles. The van der Waals surface area contributed by atoms with E-state index >= 15 is 0 Å². The zero-order valence-corrected chi connectivity index (χ0v) is 16.9. The summed E-state index contributed by atoms with van der Waals surface area (Å²) in [7, 11) is 0. The Morgan fingerprint density at radius 3 is 2.68 bits per heavy atom. The van der Waals surface area contributed by atoms with Gasteiger partial charge in [0.15, 0.2) is 23.2 Å². The number of phenols is 1. The highest BCUT2D eigenvalue weighted by Crippen LogP contribution is 2.30. The molecule has 0 unspecified atom stereocenters. The summed E-state index contributed by atoms with van der Waals surface area (Å²) in [5.74, 6) is -2.57. The fourth-order valence-electron chi connectivity index (χ4n) is 3.05. The molecule has 0 saturated carbocycles. The Labute approximate surface area is 176 Å². The predicted octanol–water partition coefficient (Wildman–Crippen LogP) is 3.20. The van der Waals surface area contributed by atoms with Crippen LogP contribution in [0.25, 0.3) is 28.2 Å². The molecule has 1 aromatic carbocycles. The van der Waals surface area contributed by atoms with E-state index in [1.165, 1.54) is 0 Å².